The first-order chi connectivity index (χ1) is 9.54. The van der Waals surface area contributed by atoms with Crippen LogP contribution in [0.3, 0.4) is 0 Å². The van der Waals surface area contributed by atoms with Crippen LogP contribution in [0.5, 0.6) is 0 Å². The van der Waals surface area contributed by atoms with Gasteiger partial charge in [-0.15, -0.1) is 0 Å². The molecule has 0 unspecified atom stereocenters. The molecule has 3 heteroatoms. The van der Waals surface area contributed by atoms with E-state index in [0.29, 0.717) is 0 Å². The lowest BCUT2D eigenvalue weighted by Gasteiger charge is -2.49. The lowest BCUT2D eigenvalue weighted by Crippen LogP contribution is -2.56. The standard InChI is InChI=1S/C17H23N3/c1-17(2)13-19-11-15(18)8-9-16(19)12-20(17)10-14-6-4-3-5-7-14/h3-7,9,11H,8,10,12-13,18H2,1-2H3. The molecule has 0 amide bonds. The molecule has 0 aliphatic carbocycles. The van der Waals surface area contributed by atoms with E-state index in [1.165, 1.54) is 11.3 Å². The maximum atomic E-state index is 5.95. The fraction of sp³-hybridized carbons (Fsp3) is 0.412. The zero-order chi connectivity index (χ0) is 14.2. The highest BCUT2D eigenvalue weighted by Crippen LogP contribution is 2.30. The third-order valence-corrected chi connectivity index (χ3v) is 4.25. The van der Waals surface area contributed by atoms with Crippen LogP contribution in [0.15, 0.2) is 54.0 Å². The molecule has 2 aliphatic heterocycles. The van der Waals surface area contributed by atoms with Crippen molar-refractivity contribution in [3.8, 4) is 0 Å². The van der Waals surface area contributed by atoms with E-state index in [0.717, 1.165) is 31.8 Å². The predicted octanol–water partition coefficient (Wildman–Crippen LogP) is 2.67. The number of hydrogen-bond acceptors (Lipinski definition) is 3. The van der Waals surface area contributed by atoms with E-state index in [-0.39, 0.29) is 5.54 Å². The predicted molar refractivity (Wildman–Crippen MR) is 82.6 cm³/mol. The third kappa shape index (κ3) is 2.59. The van der Waals surface area contributed by atoms with Crippen LogP contribution in [0.1, 0.15) is 25.8 Å². The molecule has 2 aliphatic rings. The first-order valence-electron chi connectivity index (χ1n) is 7.25. The molecule has 0 spiro atoms. The van der Waals surface area contributed by atoms with Crippen LogP contribution in [0.4, 0.5) is 0 Å². The van der Waals surface area contributed by atoms with Crippen LogP contribution in [-0.4, -0.2) is 28.4 Å². The Bertz CT molecular complexity index is 543. The number of fused-ring (bicyclic) bond motifs is 1. The van der Waals surface area contributed by atoms with Gasteiger partial charge in [0.25, 0.3) is 0 Å². The SMILES string of the molecule is CC1(C)CN2C=C(N)CC=C2CN1Cc1ccccc1. The molecule has 0 radical (unpaired) electrons. The van der Waals surface area contributed by atoms with E-state index >= 15 is 0 Å². The first-order valence-corrected chi connectivity index (χ1v) is 7.25. The first kappa shape index (κ1) is 13.3. The van der Waals surface area contributed by atoms with Gasteiger partial charge in [-0.3, -0.25) is 4.90 Å². The smallest absolute Gasteiger partial charge is 0.0403 e. The molecule has 20 heavy (non-hydrogen) atoms. The van der Waals surface area contributed by atoms with Gasteiger partial charge < -0.3 is 10.6 Å². The van der Waals surface area contributed by atoms with Gasteiger partial charge in [0.15, 0.2) is 0 Å². The minimum Gasteiger partial charge on any atom is -0.401 e. The summed E-state index contributed by atoms with van der Waals surface area (Å²) in [4.78, 5) is 4.88. The second kappa shape index (κ2) is 4.98. The summed E-state index contributed by atoms with van der Waals surface area (Å²) in [6.45, 7) is 7.60. The average Bonchev–Trinajstić information content (AvgIpc) is 2.40. The molecule has 1 fully saturated rings. The fourth-order valence-electron chi connectivity index (χ4n) is 2.99. The second-order valence-corrected chi connectivity index (χ2v) is 6.39. The Hall–Kier alpha value is -1.74. The normalized spacial score (nSPS) is 22.0. The number of allylic oxidation sites excluding steroid dienone is 1. The van der Waals surface area contributed by atoms with Gasteiger partial charge in [0.2, 0.25) is 0 Å². The van der Waals surface area contributed by atoms with Crippen molar-refractivity contribution in [3.05, 3.63) is 59.6 Å². The van der Waals surface area contributed by atoms with Crippen LogP contribution in [-0.2, 0) is 6.54 Å². The molecule has 2 heterocycles. The van der Waals surface area contributed by atoms with Crippen molar-refractivity contribution in [3.63, 3.8) is 0 Å². The molecule has 0 aromatic heterocycles. The number of piperazine rings is 1. The van der Waals surface area contributed by atoms with Crippen molar-refractivity contribution in [2.75, 3.05) is 13.1 Å². The summed E-state index contributed by atoms with van der Waals surface area (Å²) < 4.78 is 0. The van der Waals surface area contributed by atoms with Gasteiger partial charge in [-0.1, -0.05) is 36.4 Å². The third-order valence-electron chi connectivity index (χ3n) is 4.25. The number of nitrogens with zero attached hydrogens (tertiary/aromatic N) is 2. The molecule has 1 saturated heterocycles. The van der Waals surface area contributed by atoms with E-state index in [4.69, 9.17) is 5.73 Å². The van der Waals surface area contributed by atoms with Gasteiger partial charge in [0, 0.05) is 49.2 Å². The van der Waals surface area contributed by atoms with Crippen LogP contribution in [0, 0.1) is 0 Å². The zero-order valence-corrected chi connectivity index (χ0v) is 12.3. The average molecular weight is 269 g/mol. The number of benzene rings is 1. The lowest BCUT2D eigenvalue weighted by atomic mass is 9.95. The zero-order valence-electron chi connectivity index (χ0n) is 12.3. The van der Waals surface area contributed by atoms with Gasteiger partial charge in [0.1, 0.15) is 0 Å². The van der Waals surface area contributed by atoms with E-state index < -0.39 is 0 Å². The van der Waals surface area contributed by atoms with E-state index in [1.807, 2.05) is 0 Å². The molecule has 0 saturated carbocycles. The highest BCUT2D eigenvalue weighted by Gasteiger charge is 2.35. The summed E-state index contributed by atoms with van der Waals surface area (Å²) >= 11 is 0. The highest BCUT2D eigenvalue weighted by molar-refractivity contribution is 5.24. The maximum Gasteiger partial charge on any atom is 0.0403 e. The molecule has 1 aromatic carbocycles. The monoisotopic (exact) mass is 269 g/mol. The van der Waals surface area contributed by atoms with Crippen LogP contribution in [0.25, 0.3) is 0 Å². The van der Waals surface area contributed by atoms with Crippen LogP contribution in [0.2, 0.25) is 0 Å². The Labute approximate surface area is 121 Å². The van der Waals surface area contributed by atoms with Crippen molar-refractivity contribution in [2.45, 2.75) is 32.4 Å². The van der Waals surface area contributed by atoms with Crippen LogP contribution >= 0.6 is 0 Å². The summed E-state index contributed by atoms with van der Waals surface area (Å²) in [7, 11) is 0. The van der Waals surface area contributed by atoms with E-state index in [9.17, 15) is 0 Å². The van der Waals surface area contributed by atoms with Gasteiger partial charge in [-0.2, -0.15) is 0 Å². The molecule has 1 aromatic rings. The van der Waals surface area contributed by atoms with Gasteiger partial charge >= 0.3 is 0 Å². The molecule has 106 valence electrons. The molecule has 3 rings (SSSR count). The number of nitrogens with two attached hydrogens (primary N) is 1. The minimum absolute atomic E-state index is 0.140. The van der Waals surface area contributed by atoms with Crippen LogP contribution < -0.4 is 5.73 Å². The number of rotatable bonds is 2. The molecule has 3 nitrogen and oxygen atoms in total. The Kier molecular flexibility index (Phi) is 3.30. The maximum absolute atomic E-state index is 5.95. The van der Waals surface area contributed by atoms with E-state index in [1.54, 1.807) is 0 Å². The van der Waals surface area contributed by atoms with Gasteiger partial charge in [-0.25, -0.2) is 0 Å². The Morgan fingerprint density at radius 1 is 1.20 bits per heavy atom. The summed E-state index contributed by atoms with van der Waals surface area (Å²) in [6.07, 6.45) is 5.25. The quantitative estimate of drug-likeness (QED) is 0.896. The van der Waals surface area contributed by atoms with Crippen molar-refractivity contribution in [1.29, 1.82) is 0 Å². The van der Waals surface area contributed by atoms with Crippen molar-refractivity contribution >= 4 is 0 Å². The molecule has 0 atom stereocenters. The minimum atomic E-state index is 0.140. The number of hydrogen-bond donors (Lipinski definition) is 1. The van der Waals surface area contributed by atoms with Crippen molar-refractivity contribution in [1.82, 2.24) is 9.80 Å². The second-order valence-electron chi connectivity index (χ2n) is 6.39. The fourth-order valence-corrected chi connectivity index (χ4v) is 2.99. The van der Waals surface area contributed by atoms with Crippen molar-refractivity contribution in [2.24, 2.45) is 5.73 Å². The molecular weight excluding hydrogens is 246 g/mol. The Morgan fingerprint density at radius 3 is 2.70 bits per heavy atom. The summed E-state index contributed by atoms with van der Waals surface area (Å²) in [5, 5.41) is 0. The summed E-state index contributed by atoms with van der Waals surface area (Å²) in [6, 6.07) is 10.7. The molecule has 0 bridgehead atoms. The van der Waals surface area contributed by atoms with E-state index in [2.05, 4.69) is 66.3 Å². The Morgan fingerprint density at radius 2 is 1.95 bits per heavy atom. The molecular formula is C17H23N3. The van der Waals surface area contributed by atoms with Crippen molar-refractivity contribution < 1.29 is 0 Å². The molecule has 2 N–H and O–H groups in total. The lowest BCUT2D eigenvalue weighted by molar-refractivity contribution is 0.0581. The summed E-state index contributed by atoms with van der Waals surface area (Å²) in [5.74, 6) is 0. The largest absolute Gasteiger partial charge is 0.401 e. The topological polar surface area (TPSA) is 32.5 Å². The summed E-state index contributed by atoms with van der Waals surface area (Å²) in [5.41, 5.74) is 9.81. The Balaban J connectivity index is 1.79. The highest BCUT2D eigenvalue weighted by atomic mass is 15.3. The van der Waals surface area contributed by atoms with Gasteiger partial charge in [0.05, 0.1) is 0 Å². The van der Waals surface area contributed by atoms with Gasteiger partial charge in [-0.05, 0) is 19.4 Å².